The lowest BCUT2D eigenvalue weighted by Gasteiger charge is -2.10. The van der Waals surface area contributed by atoms with Crippen LogP contribution in [0.15, 0.2) is 60.8 Å². The van der Waals surface area contributed by atoms with E-state index in [0.717, 1.165) is 28.4 Å². The van der Waals surface area contributed by atoms with Gasteiger partial charge in [0.15, 0.2) is 0 Å². The number of aryl methyl sites for hydroxylation is 1. The lowest BCUT2D eigenvalue weighted by atomic mass is 10.2. The molecule has 2 aromatic carbocycles. The summed E-state index contributed by atoms with van der Waals surface area (Å²) in [6.45, 7) is 2.54. The van der Waals surface area contributed by atoms with Gasteiger partial charge in [0.25, 0.3) is 0 Å². The van der Waals surface area contributed by atoms with Crippen LogP contribution in [0, 0.1) is 6.92 Å². The Morgan fingerprint density at radius 2 is 1.75 bits per heavy atom. The van der Waals surface area contributed by atoms with Gasteiger partial charge in [-0.1, -0.05) is 42.5 Å². The van der Waals surface area contributed by atoms with Crippen LogP contribution >= 0.6 is 0 Å². The van der Waals surface area contributed by atoms with Crippen molar-refractivity contribution in [1.82, 2.24) is 9.97 Å². The van der Waals surface area contributed by atoms with E-state index in [2.05, 4.69) is 22.1 Å². The van der Waals surface area contributed by atoms with E-state index < -0.39 is 0 Å². The van der Waals surface area contributed by atoms with Crippen LogP contribution in [0.5, 0.6) is 5.75 Å². The summed E-state index contributed by atoms with van der Waals surface area (Å²) in [6, 6.07) is 18.1. The molecule has 0 aliphatic rings. The first-order valence-electron chi connectivity index (χ1n) is 6.60. The van der Waals surface area contributed by atoms with Crippen LogP contribution < -0.4 is 4.74 Å². The molecule has 100 valence electrons. The Labute approximate surface area is 118 Å². The molecule has 1 heterocycles. The molecule has 3 aromatic rings. The topological polar surface area (TPSA) is 37.9 Å². The molecule has 0 amide bonds. The van der Waals surface area contributed by atoms with Crippen molar-refractivity contribution in [1.29, 1.82) is 0 Å². The molecule has 0 radical (unpaired) electrons. The minimum Gasteiger partial charge on any atom is -0.488 e. The Bertz CT molecular complexity index is 689. The summed E-state index contributed by atoms with van der Waals surface area (Å²) >= 11 is 0. The summed E-state index contributed by atoms with van der Waals surface area (Å²) in [4.78, 5) is 7.61. The lowest BCUT2D eigenvalue weighted by molar-refractivity contribution is 0.307. The van der Waals surface area contributed by atoms with Gasteiger partial charge < -0.3 is 9.72 Å². The van der Waals surface area contributed by atoms with E-state index in [9.17, 15) is 0 Å². The van der Waals surface area contributed by atoms with Crippen molar-refractivity contribution in [3.05, 3.63) is 72.1 Å². The maximum absolute atomic E-state index is 5.93. The highest BCUT2D eigenvalue weighted by Crippen LogP contribution is 2.28. The fraction of sp³-hybridized carbons (Fsp3) is 0.118. The number of hydrogen-bond donors (Lipinski definition) is 1. The summed E-state index contributed by atoms with van der Waals surface area (Å²) in [6.07, 6.45) is 1.82. The SMILES string of the molecule is Cc1cnc(-c2ccccc2OCc2ccccc2)[nH]1. The van der Waals surface area contributed by atoms with Gasteiger partial charge in [-0.2, -0.15) is 0 Å². The largest absolute Gasteiger partial charge is 0.488 e. The van der Waals surface area contributed by atoms with Gasteiger partial charge in [-0.15, -0.1) is 0 Å². The number of ether oxygens (including phenoxy) is 1. The molecular weight excluding hydrogens is 248 g/mol. The number of H-pyrrole nitrogens is 1. The van der Waals surface area contributed by atoms with E-state index in [1.165, 1.54) is 0 Å². The molecule has 3 heteroatoms. The predicted octanol–water partition coefficient (Wildman–Crippen LogP) is 3.96. The van der Waals surface area contributed by atoms with Crippen LogP contribution in [0.1, 0.15) is 11.3 Å². The minimum atomic E-state index is 0.553. The molecule has 0 atom stereocenters. The summed E-state index contributed by atoms with van der Waals surface area (Å²) in [5.74, 6) is 1.68. The molecular formula is C17H16N2O. The molecule has 0 bridgehead atoms. The molecule has 1 N–H and O–H groups in total. The van der Waals surface area contributed by atoms with Crippen molar-refractivity contribution >= 4 is 0 Å². The van der Waals surface area contributed by atoms with E-state index in [-0.39, 0.29) is 0 Å². The number of aromatic amines is 1. The highest BCUT2D eigenvalue weighted by Gasteiger charge is 2.08. The number of nitrogens with one attached hydrogen (secondary N) is 1. The molecule has 1 aromatic heterocycles. The second-order valence-corrected chi connectivity index (χ2v) is 4.69. The van der Waals surface area contributed by atoms with Gasteiger partial charge in [0, 0.05) is 11.9 Å². The second-order valence-electron chi connectivity index (χ2n) is 4.69. The Morgan fingerprint density at radius 3 is 2.50 bits per heavy atom. The highest BCUT2D eigenvalue weighted by molar-refractivity contribution is 5.64. The zero-order valence-corrected chi connectivity index (χ0v) is 11.3. The summed E-state index contributed by atoms with van der Waals surface area (Å²) in [7, 11) is 0. The first kappa shape index (κ1) is 12.5. The number of nitrogens with zero attached hydrogens (tertiary/aromatic N) is 1. The third-order valence-electron chi connectivity index (χ3n) is 3.08. The van der Waals surface area contributed by atoms with Crippen molar-refractivity contribution in [2.45, 2.75) is 13.5 Å². The lowest BCUT2D eigenvalue weighted by Crippen LogP contribution is -1.97. The quantitative estimate of drug-likeness (QED) is 0.774. The molecule has 0 spiro atoms. The van der Waals surface area contributed by atoms with E-state index >= 15 is 0 Å². The van der Waals surface area contributed by atoms with Gasteiger partial charge in [0.1, 0.15) is 18.2 Å². The number of aromatic nitrogens is 2. The van der Waals surface area contributed by atoms with Gasteiger partial charge in [0.2, 0.25) is 0 Å². The van der Waals surface area contributed by atoms with Crippen LogP contribution in [0.3, 0.4) is 0 Å². The third-order valence-corrected chi connectivity index (χ3v) is 3.08. The Kier molecular flexibility index (Phi) is 3.50. The van der Waals surface area contributed by atoms with E-state index in [0.29, 0.717) is 6.61 Å². The number of para-hydroxylation sites is 1. The van der Waals surface area contributed by atoms with Crippen molar-refractivity contribution in [2.24, 2.45) is 0 Å². The number of benzene rings is 2. The second kappa shape index (κ2) is 5.61. The average Bonchev–Trinajstić information content (AvgIpc) is 2.93. The van der Waals surface area contributed by atoms with E-state index in [4.69, 9.17) is 4.74 Å². The number of hydrogen-bond acceptors (Lipinski definition) is 2. The Balaban J connectivity index is 1.83. The first-order valence-corrected chi connectivity index (χ1v) is 6.60. The fourth-order valence-electron chi connectivity index (χ4n) is 2.07. The van der Waals surface area contributed by atoms with Crippen molar-refractivity contribution in [3.8, 4) is 17.1 Å². The monoisotopic (exact) mass is 264 g/mol. The van der Waals surface area contributed by atoms with Crippen molar-refractivity contribution in [3.63, 3.8) is 0 Å². The van der Waals surface area contributed by atoms with E-state index in [1.807, 2.05) is 55.6 Å². The van der Waals surface area contributed by atoms with Gasteiger partial charge in [0.05, 0.1) is 5.56 Å². The van der Waals surface area contributed by atoms with Gasteiger partial charge in [-0.05, 0) is 24.6 Å². The third kappa shape index (κ3) is 2.72. The molecule has 0 saturated heterocycles. The first-order chi connectivity index (χ1) is 9.83. The van der Waals surface area contributed by atoms with Gasteiger partial charge >= 0.3 is 0 Å². The smallest absolute Gasteiger partial charge is 0.141 e. The summed E-state index contributed by atoms with van der Waals surface area (Å²) in [5.41, 5.74) is 3.17. The predicted molar refractivity (Wildman–Crippen MR) is 79.5 cm³/mol. The maximum Gasteiger partial charge on any atom is 0.141 e. The van der Waals surface area contributed by atoms with Gasteiger partial charge in [-0.3, -0.25) is 0 Å². The van der Waals surface area contributed by atoms with Gasteiger partial charge in [-0.25, -0.2) is 4.98 Å². The average molecular weight is 264 g/mol. The molecule has 20 heavy (non-hydrogen) atoms. The zero-order chi connectivity index (χ0) is 13.8. The fourth-order valence-corrected chi connectivity index (χ4v) is 2.07. The molecule has 0 aliphatic heterocycles. The van der Waals surface area contributed by atoms with E-state index in [1.54, 1.807) is 0 Å². The van der Waals surface area contributed by atoms with Crippen LogP contribution in [0.2, 0.25) is 0 Å². The van der Waals surface area contributed by atoms with Crippen LogP contribution in [-0.2, 0) is 6.61 Å². The van der Waals surface area contributed by atoms with Crippen LogP contribution in [0.25, 0.3) is 11.4 Å². The molecule has 0 saturated carbocycles. The van der Waals surface area contributed by atoms with Crippen LogP contribution in [0.4, 0.5) is 0 Å². The number of rotatable bonds is 4. The summed E-state index contributed by atoms with van der Waals surface area (Å²) < 4.78 is 5.93. The summed E-state index contributed by atoms with van der Waals surface area (Å²) in [5, 5.41) is 0. The van der Waals surface area contributed by atoms with Crippen molar-refractivity contribution in [2.75, 3.05) is 0 Å². The zero-order valence-electron chi connectivity index (χ0n) is 11.3. The maximum atomic E-state index is 5.93. The van der Waals surface area contributed by atoms with Crippen LogP contribution in [-0.4, -0.2) is 9.97 Å². The minimum absolute atomic E-state index is 0.553. The van der Waals surface area contributed by atoms with Crippen molar-refractivity contribution < 1.29 is 4.74 Å². The Hall–Kier alpha value is -2.55. The highest BCUT2D eigenvalue weighted by atomic mass is 16.5. The molecule has 0 unspecified atom stereocenters. The molecule has 0 aliphatic carbocycles. The standard InChI is InChI=1S/C17H16N2O/c1-13-11-18-17(19-13)15-9-5-6-10-16(15)20-12-14-7-3-2-4-8-14/h2-11H,12H2,1H3,(H,18,19). The Morgan fingerprint density at radius 1 is 1.00 bits per heavy atom. The molecule has 0 fully saturated rings. The molecule has 3 nitrogen and oxygen atoms in total. The normalized spacial score (nSPS) is 10.4. The number of imidazole rings is 1. The molecule has 3 rings (SSSR count).